The van der Waals surface area contributed by atoms with Crippen molar-refractivity contribution < 1.29 is 14.3 Å². The second-order valence-corrected chi connectivity index (χ2v) is 7.81. The van der Waals surface area contributed by atoms with E-state index in [2.05, 4.69) is 42.5 Å². The van der Waals surface area contributed by atoms with Gasteiger partial charge < -0.3 is 15.4 Å². The van der Waals surface area contributed by atoms with Crippen LogP contribution in [0.3, 0.4) is 0 Å². The minimum atomic E-state index is -0.667. The Kier molecular flexibility index (Phi) is 7.23. The first-order valence-electron chi connectivity index (χ1n) is 8.02. The van der Waals surface area contributed by atoms with Crippen molar-refractivity contribution >= 4 is 49.4 Å². The van der Waals surface area contributed by atoms with Gasteiger partial charge in [0.2, 0.25) is 5.91 Å². The van der Waals surface area contributed by atoms with Crippen LogP contribution in [-0.4, -0.2) is 25.0 Å². The van der Waals surface area contributed by atoms with Crippen molar-refractivity contribution in [3.8, 4) is 5.75 Å². The molecule has 5 nitrogen and oxygen atoms in total. The molecule has 0 radical (unpaired) electrons. The van der Waals surface area contributed by atoms with Crippen LogP contribution in [0.5, 0.6) is 5.75 Å². The third-order valence-corrected chi connectivity index (χ3v) is 4.93. The van der Waals surface area contributed by atoms with Gasteiger partial charge in [0.1, 0.15) is 11.8 Å². The summed E-state index contributed by atoms with van der Waals surface area (Å²) in [7, 11) is 1.56. The summed E-state index contributed by atoms with van der Waals surface area (Å²) >= 11 is 6.79. The third-order valence-electron chi connectivity index (χ3n) is 3.78. The van der Waals surface area contributed by atoms with E-state index >= 15 is 0 Å². The van der Waals surface area contributed by atoms with E-state index in [1.807, 2.05) is 26.0 Å². The Morgan fingerprint density at radius 1 is 1.04 bits per heavy atom. The number of methoxy groups -OCH3 is 1. The molecule has 138 valence electrons. The molecule has 0 aliphatic heterocycles. The summed E-state index contributed by atoms with van der Waals surface area (Å²) in [5, 5.41) is 5.66. The van der Waals surface area contributed by atoms with Crippen molar-refractivity contribution in [2.24, 2.45) is 5.92 Å². The van der Waals surface area contributed by atoms with Crippen molar-refractivity contribution in [2.45, 2.75) is 19.9 Å². The molecule has 1 unspecified atom stereocenters. The molecule has 0 heterocycles. The Labute approximate surface area is 169 Å². The van der Waals surface area contributed by atoms with Gasteiger partial charge in [-0.2, -0.15) is 0 Å². The lowest BCUT2D eigenvalue weighted by Gasteiger charge is -2.22. The van der Waals surface area contributed by atoms with Gasteiger partial charge in [-0.15, -0.1) is 0 Å². The van der Waals surface area contributed by atoms with Gasteiger partial charge in [-0.3, -0.25) is 9.59 Å². The van der Waals surface area contributed by atoms with E-state index in [-0.39, 0.29) is 17.7 Å². The molecule has 2 N–H and O–H groups in total. The van der Waals surface area contributed by atoms with Crippen molar-refractivity contribution in [2.75, 3.05) is 12.4 Å². The molecule has 0 bridgehead atoms. The SMILES string of the molecule is COc1ccc(C(=O)NC(C(=O)Nc2ccc(Br)cc2Br)C(C)C)cc1. The van der Waals surface area contributed by atoms with Gasteiger partial charge in [-0.05, 0) is 64.3 Å². The molecule has 0 aromatic heterocycles. The Balaban J connectivity index is 2.11. The zero-order valence-corrected chi connectivity index (χ0v) is 17.8. The number of carbonyl (C=O) groups is 2. The smallest absolute Gasteiger partial charge is 0.251 e. The highest BCUT2D eigenvalue weighted by Gasteiger charge is 2.25. The molecule has 2 rings (SSSR count). The molecule has 0 saturated carbocycles. The summed E-state index contributed by atoms with van der Waals surface area (Å²) in [6, 6.07) is 11.5. The van der Waals surface area contributed by atoms with Crippen molar-refractivity contribution in [1.29, 1.82) is 0 Å². The predicted molar refractivity (Wildman–Crippen MR) is 110 cm³/mol. The van der Waals surface area contributed by atoms with E-state index in [4.69, 9.17) is 4.74 Å². The van der Waals surface area contributed by atoms with Crippen LogP contribution in [0.1, 0.15) is 24.2 Å². The Morgan fingerprint density at radius 3 is 2.23 bits per heavy atom. The number of hydrogen-bond acceptors (Lipinski definition) is 3. The van der Waals surface area contributed by atoms with Crippen molar-refractivity contribution in [3.05, 3.63) is 57.0 Å². The Hall–Kier alpha value is -1.86. The highest BCUT2D eigenvalue weighted by atomic mass is 79.9. The first kappa shape index (κ1) is 20.5. The Bertz CT molecular complexity index is 792. The minimum Gasteiger partial charge on any atom is -0.497 e. The molecule has 0 aliphatic carbocycles. The third kappa shape index (κ3) is 5.32. The van der Waals surface area contributed by atoms with Crippen molar-refractivity contribution in [1.82, 2.24) is 5.32 Å². The predicted octanol–water partition coefficient (Wildman–Crippen LogP) is 4.61. The maximum atomic E-state index is 12.7. The van der Waals surface area contributed by atoms with Gasteiger partial charge in [0.15, 0.2) is 0 Å². The monoisotopic (exact) mass is 482 g/mol. The highest BCUT2D eigenvalue weighted by Crippen LogP contribution is 2.26. The van der Waals surface area contributed by atoms with Gasteiger partial charge in [-0.1, -0.05) is 29.8 Å². The summed E-state index contributed by atoms with van der Waals surface area (Å²) in [6.45, 7) is 3.77. The summed E-state index contributed by atoms with van der Waals surface area (Å²) in [4.78, 5) is 25.2. The van der Waals surface area contributed by atoms with Crippen LogP contribution in [-0.2, 0) is 4.79 Å². The quantitative estimate of drug-likeness (QED) is 0.630. The molecule has 2 aromatic carbocycles. The maximum Gasteiger partial charge on any atom is 0.251 e. The molecule has 0 fully saturated rings. The van der Waals surface area contributed by atoms with Gasteiger partial charge in [-0.25, -0.2) is 0 Å². The summed E-state index contributed by atoms with van der Waals surface area (Å²) in [5.74, 6) is 0.00692. The fourth-order valence-corrected chi connectivity index (χ4v) is 3.45. The van der Waals surface area contributed by atoms with Crippen LogP contribution in [0, 0.1) is 5.92 Å². The van der Waals surface area contributed by atoms with E-state index in [9.17, 15) is 9.59 Å². The number of rotatable bonds is 6. The largest absolute Gasteiger partial charge is 0.497 e. The zero-order chi connectivity index (χ0) is 19.3. The molecule has 7 heteroatoms. The van der Waals surface area contributed by atoms with Crippen LogP contribution < -0.4 is 15.4 Å². The number of ether oxygens (including phenoxy) is 1. The number of hydrogen-bond donors (Lipinski definition) is 2. The van der Waals surface area contributed by atoms with Gasteiger partial charge >= 0.3 is 0 Å². The van der Waals surface area contributed by atoms with Crippen LogP contribution >= 0.6 is 31.9 Å². The molecule has 1 atom stereocenters. The Morgan fingerprint density at radius 2 is 1.69 bits per heavy atom. The second-order valence-electron chi connectivity index (χ2n) is 6.04. The zero-order valence-electron chi connectivity index (χ0n) is 14.7. The van der Waals surface area contributed by atoms with Crippen LogP contribution in [0.15, 0.2) is 51.4 Å². The normalized spacial score (nSPS) is 11.8. The van der Waals surface area contributed by atoms with Crippen molar-refractivity contribution in [3.63, 3.8) is 0 Å². The molecular formula is C19H20Br2N2O3. The average Bonchev–Trinajstić information content (AvgIpc) is 2.61. The van der Waals surface area contributed by atoms with Crippen LogP contribution in [0.4, 0.5) is 5.69 Å². The molecular weight excluding hydrogens is 464 g/mol. The number of anilines is 1. The van der Waals surface area contributed by atoms with Gasteiger partial charge in [0, 0.05) is 14.5 Å². The lowest BCUT2D eigenvalue weighted by molar-refractivity contribution is -0.118. The number of nitrogens with one attached hydrogen (secondary N) is 2. The summed E-state index contributed by atoms with van der Waals surface area (Å²) in [6.07, 6.45) is 0. The maximum absolute atomic E-state index is 12.7. The molecule has 2 amide bonds. The average molecular weight is 484 g/mol. The molecule has 0 saturated heterocycles. The number of amides is 2. The highest BCUT2D eigenvalue weighted by molar-refractivity contribution is 9.11. The number of halogens is 2. The van der Waals surface area contributed by atoms with Crippen LogP contribution in [0.25, 0.3) is 0 Å². The van der Waals surface area contributed by atoms with E-state index in [0.29, 0.717) is 17.0 Å². The lowest BCUT2D eigenvalue weighted by atomic mass is 10.0. The summed E-state index contributed by atoms with van der Waals surface area (Å²) < 4.78 is 6.74. The molecule has 0 aliphatic rings. The standard InChI is InChI=1S/C19H20Br2N2O3/c1-11(2)17(19(25)22-16-9-6-13(20)10-15(16)21)23-18(24)12-4-7-14(26-3)8-5-12/h4-11,17H,1-3H3,(H,22,25)(H,23,24). The minimum absolute atomic E-state index is 0.0774. The van der Waals surface area contributed by atoms with E-state index in [0.717, 1.165) is 8.95 Å². The molecule has 26 heavy (non-hydrogen) atoms. The number of carbonyl (C=O) groups excluding carboxylic acids is 2. The van der Waals surface area contributed by atoms with Gasteiger partial charge in [0.05, 0.1) is 12.8 Å². The molecule has 0 spiro atoms. The fraction of sp³-hybridized carbons (Fsp3) is 0.263. The first-order chi connectivity index (χ1) is 12.3. The lowest BCUT2D eigenvalue weighted by Crippen LogP contribution is -2.47. The van der Waals surface area contributed by atoms with E-state index in [1.54, 1.807) is 37.4 Å². The summed E-state index contributed by atoms with van der Waals surface area (Å²) in [5.41, 5.74) is 1.11. The fourth-order valence-electron chi connectivity index (χ4n) is 2.30. The van der Waals surface area contributed by atoms with E-state index < -0.39 is 6.04 Å². The number of benzene rings is 2. The van der Waals surface area contributed by atoms with Crippen LogP contribution in [0.2, 0.25) is 0 Å². The first-order valence-corrected chi connectivity index (χ1v) is 9.61. The molecule has 2 aromatic rings. The van der Waals surface area contributed by atoms with E-state index in [1.165, 1.54) is 0 Å². The second kappa shape index (κ2) is 9.19. The van der Waals surface area contributed by atoms with Gasteiger partial charge in [0.25, 0.3) is 5.91 Å². The topological polar surface area (TPSA) is 67.4 Å².